The predicted molar refractivity (Wildman–Crippen MR) is 98.9 cm³/mol. The van der Waals surface area contributed by atoms with Crippen molar-refractivity contribution < 1.29 is 19.4 Å². The molecular formula is C20H29ClO4. The molecule has 0 spiro atoms. The monoisotopic (exact) mass is 368 g/mol. The largest absolute Gasteiger partial charge is 0.493 e. The molecule has 0 amide bonds. The highest BCUT2D eigenvalue weighted by Crippen LogP contribution is 2.39. The van der Waals surface area contributed by atoms with Gasteiger partial charge in [0.05, 0.1) is 19.8 Å². The third-order valence-electron chi connectivity index (χ3n) is 5.06. The van der Waals surface area contributed by atoms with Gasteiger partial charge in [-0.15, -0.1) is 11.6 Å². The van der Waals surface area contributed by atoms with Crippen LogP contribution in [0.25, 0.3) is 0 Å². The summed E-state index contributed by atoms with van der Waals surface area (Å²) in [7, 11) is 1.42. The Morgan fingerprint density at radius 1 is 1.16 bits per heavy atom. The molecule has 0 bridgehead atoms. The van der Waals surface area contributed by atoms with Crippen molar-refractivity contribution in [2.75, 3.05) is 13.7 Å². The Labute approximate surface area is 155 Å². The van der Waals surface area contributed by atoms with Gasteiger partial charge in [-0.1, -0.05) is 37.5 Å². The van der Waals surface area contributed by atoms with Crippen molar-refractivity contribution in [3.05, 3.63) is 30.3 Å². The number of aliphatic hydroxyl groups excluding tert-OH is 1. The molecular weight excluding hydrogens is 340 g/mol. The van der Waals surface area contributed by atoms with E-state index in [-0.39, 0.29) is 23.2 Å². The summed E-state index contributed by atoms with van der Waals surface area (Å²) in [6.45, 7) is 0.501. The number of halogens is 1. The zero-order valence-electron chi connectivity index (χ0n) is 14.9. The number of unbranched alkanes of at least 4 members (excludes halogenated alkanes) is 3. The van der Waals surface area contributed by atoms with Crippen molar-refractivity contribution in [2.45, 2.75) is 56.4 Å². The first-order valence-electron chi connectivity index (χ1n) is 9.18. The summed E-state index contributed by atoms with van der Waals surface area (Å²) in [5.41, 5.74) is 0. The van der Waals surface area contributed by atoms with Crippen LogP contribution in [0.15, 0.2) is 30.3 Å². The van der Waals surface area contributed by atoms with Gasteiger partial charge in [-0.25, -0.2) is 0 Å². The van der Waals surface area contributed by atoms with E-state index in [1.54, 1.807) is 0 Å². The number of para-hydroxylation sites is 1. The molecule has 2 rings (SSSR count). The number of hydrogen-bond acceptors (Lipinski definition) is 4. The van der Waals surface area contributed by atoms with E-state index < -0.39 is 6.10 Å². The predicted octanol–water partition coefficient (Wildman–Crippen LogP) is 4.18. The number of methoxy groups -OCH3 is 1. The molecule has 0 saturated heterocycles. The molecule has 140 valence electrons. The van der Waals surface area contributed by atoms with Gasteiger partial charge in [0, 0.05) is 17.7 Å². The Morgan fingerprint density at radius 2 is 1.88 bits per heavy atom. The lowest BCUT2D eigenvalue weighted by atomic mass is 9.90. The Bertz CT molecular complexity index is 508. The van der Waals surface area contributed by atoms with Crippen molar-refractivity contribution >= 4 is 17.6 Å². The van der Waals surface area contributed by atoms with Gasteiger partial charge in [0.15, 0.2) is 0 Å². The topological polar surface area (TPSA) is 55.8 Å². The number of hydrogen-bond donors (Lipinski definition) is 1. The number of rotatable bonds is 10. The minimum absolute atomic E-state index is 0.00874. The Morgan fingerprint density at radius 3 is 2.60 bits per heavy atom. The molecule has 0 aromatic heterocycles. The van der Waals surface area contributed by atoms with Crippen LogP contribution in [0.5, 0.6) is 5.75 Å². The first-order valence-corrected chi connectivity index (χ1v) is 9.62. The van der Waals surface area contributed by atoms with Gasteiger partial charge in [0.1, 0.15) is 5.75 Å². The van der Waals surface area contributed by atoms with Crippen molar-refractivity contribution in [3.8, 4) is 5.75 Å². The zero-order valence-corrected chi connectivity index (χ0v) is 15.7. The first-order chi connectivity index (χ1) is 12.1. The highest BCUT2D eigenvalue weighted by molar-refractivity contribution is 6.21. The fourth-order valence-corrected chi connectivity index (χ4v) is 4.07. The smallest absolute Gasteiger partial charge is 0.305 e. The van der Waals surface area contributed by atoms with Crippen LogP contribution in [0.1, 0.15) is 44.9 Å². The van der Waals surface area contributed by atoms with Gasteiger partial charge in [-0.05, 0) is 37.3 Å². The zero-order chi connectivity index (χ0) is 18.1. The van der Waals surface area contributed by atoms with E-state index in [9.17, 15) is 9.90 Å². The molecule has 4 atom stereocenters. The molecule has 1 aliphatic carbocycles. The van der Waals surface area contributed by atoms with Gasteiger partial charge in [-0.2, -0.15) is 0 Å². The van der Waals surface area contributed by atoms with Gasteiger partial charge < -0.3 is 14.6 Å². The van der Waals surface area contributed by atoms with E-state index in [2.05, 4.69) is 4.74 Å². The van der Waals surface area contributed by atoms with Crippen LogP contribution in [0, 0.1) is 11.8 Å². The van der Waals surface area contributed by atoms with E-state index in [0.717, 1.165) is 37.9 Å². The Hall–Kier alpha value is -1.26. The lowest BCUT2D eigenvalue weighted by Gasteiger charge is -2.23. The van der Waals surface area contributed by atoms with E-state index in [1.807, 2.05) is 30.3 Å². The summed E-state index contributed by atoms with van der Waals surface area (Å²) in [6, 6.07) is 9.69. The maximum atomic E-state index is 11.1. The summed E-state index contributed by atoms with van der Waals surface area (Å²) in [5.74, 6) is 1.05. The van der Waals surface area contributed by atoms with Crippen LogP contribution in [-0.2, 0) is 9.53 Å². The number of ether oxygens (including phenoxy) is 2. The second kappa shape index (κ2) is 10.7. The summed E-state index contributed by atoms with van der Waals surface area (Å²) in [4.78, 5) is 11.1. The molecule has 0 heterocycles. The van der Waals surface area contributed by atoms with E-state index in [0.29, 0.717) is 19.4 Å². The van der Waals surface area contributed by atoms with Crippen LogP contribution in [0.2, 0.25) is 0 Å². The molecule has 0 radical (unpaired) electrons. The lowest BCUT2D eigenvalue weighted by Crippen LogP contribution is -2.27. The number of carbonyl (C=O) groups excluding carboxylic acids is 1. The van der Waals surface area contributed by atoms with Gasteiger partial charge in [0.25, 0.3) is 0 Å². The third kappa shape index (κ3) is 6.52. The number of carbonyl (C=O) groups is 1. The highest BCUT2D eigenvalue weighted by Gasteiger charge is 2.41. The molecule has 1 N–H and O–H groups in total. The number of benzene rings is 1. The standard InChI is InChI=1S/C20H29ClO4/c1-24-20(23)12-8-3-2-7-11-16-17(19(22)13-18(16)21)14-25-15-9-5-4-6-10-15/h4-6,9-10,16-19,22H,2-3,7-8,11-14H2,1H3/t16-,17-,18-,19-/m1/s1. The summed E-state index contributed by atoms with van der Waals surface area (Å²) in [6.07, 6.45) is 5.74. The van der Waals surface area contributed by atoms with Gasteiger partial charge in [-0.3, -0.25) is 4.79 Å². The second-order valence-corrected chi connectivity index (χ2v) is 7.36. The average Bonchev–Trinajstić information content (AvgIpc) is 2.89. The van der Waals surface area contributed by atoms with Crippen LogP contribution in [0.4, 0.5) is 0 Å². The molecule has 5 heteroatoms. The van der Waals surface area contributed by atoms with E-state index in [4.69, 9.17) is 16.3 Å². The summed E-state index contributed by atoms with van der Waals surface area (Å²) < 4.78 is 10.5. The molecule has 1 aromatic rings. The van der Waals surface area contributed by atoms with E-state index >= 15 is 0 Å². The quantitative estimate of drug-likeness (QED) is 0.382. The van der Waals surface area contributed by atoms with Crippen LogP contribution in [0.3, 0.4) is 0 Å². The average molecular weight is 369 g/mol. The molecule has 1 aliphatic rings. The van der Waals surface area contributed by atoms with Crippen molar-refractivity contribution in [3.63, 3.8) is 0 Å². The minimum Gasteiger partial charge on any atom is -0.493 e. The number of aliphatic hydroxyl groups is 1. The third-order valence-corrected chi connectivity index (χ3v) is 5.56. The van der Waals surface area contributed by atoms with Crippen LogP contribution < -0.4 is 4.74 Å². The highest BCUT2D eigenvalue weighted by atomic mass is 35.5. The fourth-order valence-electron chi connectivity index (χ4n) is 3.58. The van der Waals surface area contributed by atoms with Crippen LogP contribution in [-0.4, -0.2) is 36.3 Å². The SMILES string of the molecule is COC(=O)CCCCCC[C@@H]1[C@@H](COc2ccccc2)[C@H](O)C[C@H]1Cl. The van der Waals surface area contributed by atoms with Gasteiger partial charge in [0.2, 0.25) is 0 Å². The van der Waals surface area contributed by atoms with Crippen molar-refractivity contribution in [1.82, 2.24) is 0 Å². The normalized spacial score (nSPS) is 25.7. The maximum Gasteiger partial charge on any atom is 0.305 e. The molecule has 25 heavy (non-hydrogen) atoms. The number of alkyl halides is 1. The first kappa shape index (κ1) is 20.1. The van der Waals surface area contributed by atoms with Crippen molar-refractivity contribution in [1.29, 1.82) is 0 Å². The Balaban J connectivity index is 1.72. The van der Waals surface area contributed by atoms with Crippen molar-refractivity contribution in [2.24, 2.45) is 11.8 Å². The molecule has 4 nitrogen and oxygen atoms in total. The maximum absolute atomic E-state index is 11.1. The van der Waals surface area contributed by atoms with Gasteiger partial charge >= 0.3 is 5.97 Å². The summed E-state index contributed by atoms with van der Waals surface area (Å²) in [5, 5.41) is 10.3. The molecule has 1 fully saturated rings. The lowest BCUT2D eigenvalue weighted by molar-refractivity contribution is -0.140. The Kier molecular flexibility index (Phi) is 8.56. The summed E-state index contributed by atoms with van der Waals surface area (Å²) >= 11 is 6.47. The molecule has 1 saturated carbocycles. The minimum atomic E-state index is -0.393. The second-order valence-electron chi connectivity index (χ2n) is 6.80. The molecule has 0 aliphatic heterocycles. The van der Waals surface area contributed by atoms with Crippen LogP contribution >= 0.6 is 11.6 Å². The fraction of sp³-hybridized carbons (Fsp3) is 0.650. The molecule has 1 aromatic carbocycles. The van der Waals surface area contributed by atoms with E-state index in [1.165, 1.54) is 7.11 Å². The molecule has 0 unspecified atom stereocenters. The number of esters is 1.